The number of hydrogen-bond donors (Lipinski definition) is 1. The van der Waals surface area contributed by atoms with Crippen molar-refractivity contribution < 1.29 is 24.2 Å². The standard InChI is InChI=1S/C34H38N2O5S/c1-22-12-10-13-23(2)28(22)35-18-11-17-34-26(27-32(40)41-19-9-5-8-16-33(27,3)42-34)30(38)36(29(34)31(35)39)25(21-37)20-24-14-6-4-7-15-24/h4,6-8,10-17,25-27,29,37H,5,9,18-21H2,1-3H3/b16-8-/t25-,26+,27+,29?,33-,34+/m1/s1. The van der Waals surface area contributed by atoms with Crippen LogP contribution < -0.4 is 4.90 Å². The van der Waals surface area contributed by atoms with Crippen molar-refractivity contribution in [3.8, 4) is 0 Å². The van der Waals surface area contributed by atoms with E-state index in [2.05, 4.69) is 12.2 Å². The van der Waals surface area contributed by atoms with Crippen molar-refractivity contribution in [2.24, 2.45) is 11.8 Å². The van der Waals surface area contributed by atoms with Crippen LogP contribution in [0.4, 0.5) is 5.69 Å². The molecule has 4 aliphatic rings. The quantitative estimate of drug-likeness (QED) is 0.413. The molecule has 2 saturated heterocycles. The predicted molar refractivity (Wildman–Crippen MR) is 164 cm³/mol. The molecule has 1 unspecified atom stereocenters. The lowest BCUT2D eigenvalue weighted by molar-refractivity contribution is -0.154. The third kappa shape index (κ3) is 4.51. The number of rotatable bonds is 5. The van der Waals surface area contributed by atoms with Gasteiger partial charge in [0, 0.05) is 17.0 Å². The van der Waals surface area contributed by atoms with E-state index in [1.165, 1.54) is 11.8 Å². The summed E-state index contributed by atoms with van der Waals surface area (Å²) in [4.78, 5) is 46.8. The summed E-state index contributed by atoms with van der Waals surface area (Å²) in [6.45, 7) is 6.31. The summed E-state index contributed by atoms with van der Waals surface area (Å²) in [7, 11) is 0. The van der Waals surface area contributed by atoms with Crippen LogP contribution in [0.5, 0.6) is 0 Å². The molecular formula is C34H38N2O5S. The number of amides is 2. The maximum Gasteiger partial charge on any atom is 0.311 e. The number of hydrogen-bond acceptors (Lipinski definition) is 6. The number of esters is 1. The van der Waals surface area contributed by atoms with Crippen LogP contribution in [0.25, 0.3) is 0 Å². The number of para-hydroxylation sites is 1. The molecule has 0 radical (unpaired) electrons. The van der Waals surface area contributed by atoms with E-state index in [9.17, 15) is 19.5 Å². The van der Waals surface area contributed by atoms with Gasteiger partial charge in [-0.15, -0.1) is 11.8 Å². The van der Waals surface area contributed by atoms with Gasteiger partial charge in [-0.3, -0.25) is 14.4 Å². The minimum absolute atomic E-state index is 0.195. The molecule has 6 atom stereocenters. The Hall–Kier alpha value is -3.36. The van der Waals surface area contributed by atoms with Crippen LogP contribution in [0.15, 0.2) is 72.8 Å². The lowest BCUT2D eigenvalue weighted by atomic mass is 9.74. The molecule has 7 nitrogen and oxygen atoms in total. The largest absolute Gasteiger partial charge is 0.465 e. The minimum Gasteiger partial charge on any atom is -0.465 e. The molecule has 0 aromatic heterocycles. The van der Waals surface area contributed by atoms with E-state index in [1.807, 2.05) is 81.5 Å². The number of aliphatic hydroxyl groups is 1. The number of carbonyl (C=O) groups excluding carboxylic acids is 3. The molecule has 4 heterocycles. The zero-order valence-electron chi connectivity index (χ0n) is 24.4. The van der Waals surface area contributed by atoms with Crippen LogP contribution >= 0.6 is 11.8 Å². The van der Waals surface area contributed by atoms with Crippen molar-refractivity contribution in [3.05, 3.63) is 89.5 Å². The molecule has 4 aliphatic heterocycles. The van der Waals surface area contributed by atoms with Gasteiger partial charge < -0.3 is 19.6 Å². The number of cyclic esters (lactones) is 1. The predicted octanol–water partition coefficient (Wildman–Crippen LogP) is 4.39. The molecule has 2 aromatic rings. The number of carbonyl (C=O) groups is 3. The molecule has 2 aromatic carbocycles. The normalized spacial score (nSPS) is 32.2. The summed E-state index contributed by atoms with van der Waals surface area (Å²) in [5, 5.41) is 10.8. The lowest BCUT2D eigenvalue weighted by Gasteiger charge is -2.40. The van der Waals surface area contributed by atoms with Crippen LogP contribution in [-0.2, 0) is 25.5 Å². The second kappa shape index (κ2) is 11.0. The summed E-state index contributed by atoms with van der Waals surface area (Å²) >= 11 is 1.53. The number of likely N-dealkylation sites (tertiary alicyclic amines) is 1. The first-order valence-electron chi connectivity index (χ1n) is 14.8. The van der Waals surface area contributed by atoms with Crippen LogP contribution in [0.3, 0.4) is 0 Å². The number of anilines is 1. The molecule has 0 aliphatic carbocycles. The fourth-order valence-electron chi connectivity index (χ4n) is 7.54. The molecule has 42 heavy (non-hydrogen) atoms. The van der Waals surface area contributed by atoms with Gasteiger partial charge in [-0.1, -0.05) is 72.8 Å². The van der Waals surface area contributed by atoms with Crippen molar-refractivity contribution in [2.45, 2.75) is 61.6 Å². The Morgan fingerprint density at radius 1 is 0.976 bits per heavy atom. The zero-order chi connectivity index (χ0) is 29.6. The number of allylic oxidation sites excluding steroid dienone is 1. The van der Waals surface area contributed by atoms with Gasteiger partial charge in [0.15, 0.2) is 0 Å². The Morgan fingerprint density at radius 3 is 2.43 bits per heavy atom. The van der Waals surface area contributed by atoms with Crippen LogP contribution in [-0.4, -0.2) is 69.1 Å². The molecule has 0 bridgehead atoms. The van der Waals surface area contributed by atoms with E-state index in [4.69, 9.17) is 4.74 Å². The molecule has 8 heteroatoms. The Balaban J connectivity index is 1.52. The highest BCUT2D eigenvalue weighted by Gasteiger charge is 2.74. The highest BCUT2D eigenvalue weighted by atomic mass is 32.2. The molecule has 2 amide bonds. The number of aryl methyl sites for hydroxylation is 2. The number of ether oxygens (including phenoxy) is 1. The SMILES string of the molecule is Cc1cccc(C)c1N1CC=C[C@]23S[C@]4(C)/C=C\CCCOC(=O)[C@@H]4[C@H]2C(=O)N([C@@H](CO)Cc2ccccc2)C3C1=O. The Bertz CT molecular complexity index is 1440. The molecular weight excluding hydrogens is 548 g/mol. The summed E-state index contributed by atoms with van der Waals surface area (Å²) in [6, 6.07) is 14.1. The third-order valence-corrected chi connectivity index (χ3v) is 11.1. The maximum atomic E-state index is 14.9. The topological polar surface area (TPSA) is 87.2 Å². The van der Waals surface area contributed by atoms with Crippen molar-refractivity contribution in [3.63, 3.8) is 0 Å². The van der Waals surface area contributed by atoms with E-state index >= 15 is 0 Å². The Morgan fingerprint density at radius 2 is 1.71 bits per heavy atom. The van der Waals surface area contributed by atoms with E-state index < -0.39 is 39.4 Å². The number of nitrogens with zero attached hydrogens (tertiary/aromatic N) is 2. The molecule has 1 spiro atoms. The van der Waals surface area contributed by atoms with Crippen molar-refractivity contribution in [1.82, 2.24) is 4.90 Å². The highest BCUT2D eigenvalue weighted by Crippen LogP contribution is 2.65. The molecule has 2 fully saturated rings. The maximum absolute atomic E-state index is 14.9. The van der Waals surface area contributed by atoms with E-state index in [1.54, 1.807) is 9.80 Å². The van der Waals surface area contributed by atoms with Crippen molar-refractivity contribution >= 4 is 35.2 Å². The average molecular weight is 587 g/mol. The van der Waals surface area contributed by atoms with Crippen molar-refractivity contribution in [2.75, 3.05) is 24.7 Å². The molecule has 0 saturated carbocycles. The molecule has 6 rings (SSSR count). The van der Waals surface area contributed by atoms with Gasteiger partial charge in [-0.2, -0.15) is 0 Å². The third-order valence-electron chi connectivity index (χ3n) is 9.32. The minimum atomic E-state index is -1.01. The highest BCUT2D eigenvalue weighted by molar-refractivity contribution is 8.02. The van der Waals surface area contributed by atoms with E-state index in [0.717, 1.165) is 35.2 Å². The van der Waals surface area contributed by atoms with Gasteiger partial charge in [0.1, 0.15) is 6.04 Å². The van der Waals surface area contributed by atoms with Gasteiger partial charge in [0.2, 0.25) is 5.91 Å². The molecule has 220 valence electrons. The first-order chi connectivity index (χ1) is 20.2. The number of benzene rings is 2. The first kappa shape index (κ1) is 28.7. The number of aliphatic hydroxyl groups excluding tert-OH is 1. The Kier molecular flexibility index (Phi) is 7.56. The Labute approximate surface area is 251 Å². The first-order valence-corrected chi connectivity index (χ1v) is 15.6. The monoisotopic (exact) mass is 586 g/mol. The van der Waals surface area contributed by atoms with Gasteiger partial charge in [-0.05, 0) is 56.7 Å². The van der Waals surface area contributed by atoms with Crippen molar-refractivity contribution in [1.29, 1.82) is 0 Å². The second-order valence-electron chi connectivity index (χ2n) is 12.1. The fourth-order valence-corrected chi connectivity index (χ4v) is 9.68. The molecule has 1 N–H and O–H groups in total. The van der Waals surface area contributed by atoms with E-state index in [0.29, 0.717) is 19.6 Å². The smallest absolute Gasteiger partial charge is 0.311 e. The van der Waals surface area contributed by atoms with Crippen LogP contribution in [0, 0.1) is 25.7 Å². The second-order valence-corrected chi connectivity index (χ2v) is 13.9. The zero-order valence-corrected chi connectivity index (χ0v) is 25.2. The van der Waals surface area contributed by atoms with E-state index in [-0.39, 0.29) is 18.4 Å². The van der Waals surface area contributed by atoms with Gasteiger partial charge in [0.05, 0.1) is 35.8 Å². The summed E-state index contributed by atoms with van der Waals surface area (Å²) < 4.78 is 3.99. The van der Waals surface area contributed by atoms with Gasteiger partial charge in [-0.25, -0.2) is 0 Å². The van der Waals surface area contributed by atoms with Gasteiger partial charge >= 0.3 is 5.97 Å². The summed E-state index contributed by atoms with van der Waals surface area (Å²) in [5.41, 5.74) is 3.73. The fraction of sp³-hybridized carbons (Fsp3) is 0.441. The number of fused-ring (bicyclic) bond motifs is 2. The average Bonchev–Trinajstić information content (AvgIpc) is 3.32. The summed E-state index contributed by atoms with van der Waals surface area (Å²) in [5.74, 6) is -2.44. The van der Waals surface area contributed by atoms with Crippen LogP contribution in [0.2, 0.25) is 0 Å². The lowest BCUT2D eigenvalue weighted by Crippen LogP contribution is -2.57. The van der Waals surface area contributed by atoms with Crippen LogP contribution in [0.1, 0.15) is 36.5 Å². The number of thioether (sulfide) groups is 1. The summed E-state index contributed by atoms with van der Waals surface area (Å²) in [6.07, 6.45) is 10.0. The van der Waals surface area contributed by atoms with Gasteiger partial charge in [0.25, 0.3) is 5.91 Å².